The van der Waals surface area contributed by atoms with E-state index in [0.717, 1.165) is 41.5 Å². The lowest BCUT2D eigenvalue weighted by Gasteiger charge is -2.09. The fourth-order valence-electron chi connectivity index (χ4n) is 3.33. The van der Waals surface area contributed by atoms with Gasteiger partial charge in [-0.2, -0.15) is 0 Å². The first-order valence-corrected chi connectivity index (χ1v) is 10.4. The lowest BCUT2D eigenvalue weighted by Crippen LogP contribution is -2.09. The van der Waals surface area contributed by atoms with Crippen molar-refractivity contribution in [3.63, 3.8) is 0 Å². The number of benzene rings is 3. The van der Waals surface area contributed by atoms with Crippen molar-refractivity contribution < 1.29 is 18.7 Å². The monoisotopic (exact) mass is 406 g/mol. The van der Waals surface area contributed by atoms with Crippen LogP contribution >= 0.6 is 0 Å². The highest BCUT2D eigenvalue weighted by Crippen LogP contribution is 2.28. The maximum atomic E-state index is 14.6. The second-order valence-electron chi connectivity index (χ2n) is 7.16. The van der Waals surface area contributed by atoms with Crippen LogP contribution < -0.4 is 4.74 Å². The van der Waals surface area contributed by atoms with Gasteiger partial charge in [0.15, 0.2) is 0 Å². The zero-order valence-electron chi connectivity index (χ0n) is 17.5. The number of ether oxygens (including phenoxy) is 2. The van der Waals surface area contributed by atoms with Crippen LogP contribution in [-0.4, -0.2) is 12.8 Å². The van der Waals surface area contributed by atoms with Gasteiger partial charge in [0.05, 0.1) is 6.61 Å². The molecule has 0 unspecified atom stereocenters. The molecule has 0 heterocycles. The highest BCUT2D eigenvalue weighted by Gasteiger charge is 2.08. The Bertz CT molecular complexity index is 963. The highest BCUT2D eigenvalue weighted by atomic mass is 19.1. The van der Waals surface area contributed by atoms with Gasteiger partial charge in [-0.15, -0.1) is 0 Å². The van der Waals surface area contributed by atoms with Crippen molar-refractivity contribution in [2.75, 3.05) is 6.61 Å². The minimum Gasteiger partial charge on any atom is -0.434 e. The molecule has 0 saturated heterocycles. The quantitative estimate of drug-likeness (QED) is 0.222. The van der Waals surface area contributed by atoms with Crippen LogP contribution in [0.25, 0.3) is 22.3 Å². The maximum absolute atomic E-state index is 14.6. The van der Waals surface area contributed by atoms with Crippen molar-refractivity contribution in [3.8, 4) is 28.0 Å². The van der Waals surface area contributed by atoms with Gasteiger partial charge in [-0.25, -0.2) is 9.18 Å². The first-order valence-electron chi connectivity index (χ1n) is 10.4. The summed E-state index contributed by atoms with van der Waals surface area (Å²) in [6.07, 6.45) is 3.62. The van der Waals surface area contributed by atoms with Crippen molar-refractivity contribution in [1.82, 2.24) is 0 Å². The van der Waals surface area contributed by atoms with Gasteiger partial charge in [0.1, 0.15) is 11.6 Å². The van der Waals surface area contributed by atoms with Gasteiger partial charge in [0.2, 0.25) is 0 Å². The summed E-state index contributed by atoms with van der Waals surface area (Å²) in [6.45, 7) is 4.16. The third-order valence-corrected chi connectivity index (χ3v) is 4.95. The SMILES string of the molecule is CCCCCc1ccc(-c2ccc(-c3ccc(OC(=O)OCC)cc3)cc2)c(F)c1. The molecule has 0 radical (unpaired) electrons. The van der Waals surface area contributed by atoms with E-state index in [2.05, 4.69) is 6.92 Å². The molecule has 0 spiro atoms. The first kappa shape index (κ1) is 21.6. The van der Waals surface area contributed by atoms with Crippen molar-refractivity contribution in [2.24, 2.45) is 0 Å². The molecule has 3 nitrogen and oxygen atoms in total. The van der Waals surface area contributed by atoms with Crippen molar-refractivity contribution in [3.05, 3.63) is 78.1 Å². The molecule has 0 aromatic heterocycles. The van der Waals surface area contributed by atoms with Gasteiger partial charge in [-0.05, 0) is 60.2 Å². The predicted molar refractivity (Wildman–Crippen MR) is 118 cm³/mol. The summed E-state index contributed by atoms with van der Waals surface area (Å²) in [7, 11) is 0. The molecule has 0 aliphatic carbocycles. The number of unbranched alkanes of at least 4 members (excludes halogenated alkanes) is 2. The molecule has 30 heavy (non-hydrogen) atoms. The molecule has 0 aliphatic heterocycles. The summed E-state index contributed by atoms with van der Waals surface area (Å²) in [5.41, 5.74) is 4.48. The average Bonchev–Trinajstić information content (AvgIpc) is 2.75. The molecule has 0 N–H and O–H groups in total. The molecule has 0 fully saturated rings. The number of hydrogen-bond acceptors (Lipinski definition) is 3. The number of hydrogen-bond donors (Lipinski definition) is 0. The molecular weight excluding hydrogens is 379 g/mol. The van der Waals surface area contributed by atoms with Gasteiger partial charge in [0.25, 0.3) is 0 Å². The van der Waals surface area contributed by atoms with E-state index in [1.165, 1.54) is 6.42 Å². The van der Waals surface area contributed by atoms with Crippen LogP contribution in [0.4, 0.5) is 9.18 Å². The van der Waals surface area contributed by atoms with Gasteiger partial charge in [-0.3, -0.25) is 0 Å². The van der Waals surface area contributed by atoms with Gasteiger partial charge in [0, 0.05) is 5.56 Å². The summed E-state index contributed by atoms with van der Waals surface area (Å²) in [5, 5.41) is 0. The fourth-order valence-corrected chi connectivity index (χ4v) is 3.33. The van der Waals surface area contributed by atoms with E-state index in [1.54, 1.807) is 25.1 Å². The molecule has 3 aromatic rings. The molecule has 4 heteroatoms. The maximum Gasteiger partial charge on any atom is 0.513 e. The Kier molecular flexibility index (Phi) is 7.61. The number of carbonyl (C=O) groups excluding carboxylic acids is 1. The smallest absolute Gasteiger partial charge is 0.434 e. The van der Waals surface area contributed by atoms with E-state index in [-0.39, 0.29) is 12.4 Å². The van der Waals surface area contributed by atoms with Gasteiger partial charge < -0.3 is 9.47 Å². The van der Waals surface area contributed by atoms with Crippen LogP contribution in [0.3, 0.4) is 0 Å². The number of rotatable bonds is 8. The van der Waals surface area contributed by atoms with Crippen LogP contribution in [0, 0.1) is 5.82 Å². The molecule has 156 valence electrons. The second kappa shape index (κ2) is 10.6. The minimum absolute atomic E-state index is 0.183. The molecule has 0 atom stereocenters. The number of carbonyl (C=O) groups is 1. The Morgan fingerprint density at radius 1 is 0.833 bits per heavy atom. The Morgan fingerprint density at radius 2 is 1.47 bits per heavy atom. The molecule has 0 saturated carbocycles. The van der Waals surface area contributed by atoms with E-state index in [4.69, 9.17) is 9.47 Å². The molecule has 3 rings (SSSR count). The molecular formula is C26H27FO3. The molecule has 0 amide bonds. The van der Waals surface area contributed by atoms with Crippen molar-refractivity contribution in [1.29, 1.82) is 0 Å². The Morgan fingerprint density at radius 3 is 2.07 bits per heavy atom. The third-order valence-electron chi connectivity index (χ3n) is 4.95. The van der Waals surface area contributed by atoms with Crippen molar-refractivity contribution in [2.45, 2.75) is 39.5 Å². The molecule has 3 aromatic carbocycles. The molecule has 0 bridgehead atoms. The van der Waals surface area contributed by atoms with Crippen LogP contribution in [0.2, 0.25) is 0 Å². The van der Waals surface area contributed by atoms with Gasteiger partial charge >= 0.3 is 6.16 Å². The first-order chi connectivity index (χ1) is 14.6. The Hall–Kier alpha value is -3.14. The summed E-state index contributed by atoms with van der Waals surface area (Å²) in [6, 6.07) is 20.5. The molecule has 0 aliphatic rings. The van der Waals surface area contributed by atoms with E-state index < -0.39 is 6.16 Å². The summed E-state index contributed by atoms with van der Waals surface area (Å²) >= 11 is 0. The van der Waals surface area contributed by atoms with Gasteiger partial charge in [-0.1, -0.05) is 68.3 Å². The second-order valence-corrected chi connectivity index (χ2v) is 7.16. The Labute approximate surface area is 177 Å². The third kappa shape index (κ3) is 5.69. The standard InChI is InChI=1S/C26H27FO3/c1-3-5-6-7-19-8-17-24(25(27)18-19)22-11-9-20(10-12-22)21-13-15-23(16-14-21)30-26(28)29-4-2/h8-18H,3-7H2,1-2H3. The largest absolute Gasteiger partial charge is 0.513 e. The van der Waals surface area contributed by atoms with E-state index in [9.17, 15) is 9.18 Å². The average molecular weight is 406 g/mol. The van der Waals surface area contributed by atoms with E-state index in [0.29, 0.717) is 11.3 Å². The van der Waals surface area contributed by atoms with Crippen LogP contribution in [0.1, 0.15) is 38.7 Å². The van der Waals surface area contributed by atoms with E-state index in [1.807, 2.05) is 48.5 Å². The lowest BCUT2D eigenvalue weighted by atomic mass is 9.98. The Balaban J connectivity index is 1.69. The van der Waals surface area contributed by atoms with Crippen LogP contribution in [0.15, 0.2) is 66.7 Å². The zero-order chi connectivity index (χ0) is 21.3. The fraction of sp³-hybridized carbons (Fsp3) is 0.269. The predicted octanol–water partition coefficient (Wildman–Crippen LogP) is 7.43. The zero-order valence-corrected chi connectivity index (χ0v) is 17.5. The van der Waals surface area contributed by atoms with Crippen molar-refractivity contribution >= 4 is 6.16 Å². The number of aryl methyl sites for hydroxylation is 1. The topological polar surface area (TPSA) is 35.5 Å². The summed E-state index contributed by atoms with van der Waals surface area (Å²) < 4.78 is 24.5. The number of halogens is 1. The normalized spacial score (nSPS) is 10.6. The highest BCUT2D eigenvalue weighted by molar-refractivity contribution is 5.71. The van der Waals surface area contributed by atoms with E-state index >= 15 is 0 Å². The van der Waals surface area contributed by atoms with Crippen LogP contribution in [-0.2, 0) is 11.2 Å². The lowest BCUT2D eigenvalue weighted by molar-refractivity contribution is 0.104. The minimum atomic E-state index is -0.715. The summed E-state index contributed by atoms with van der Waals surface area (Å²) in [5.74, 6) is 0.243. The summed E-state index contributed by atoms with van der Waals surface area (Å²) in [4.78, 5) is 11.4. The van der Waals surface area contributed by atoms with Crippen LogP contribution in [0.5, 0.6) is 5.75 Å².